The maximum atomic E-state index is 3.16. The molecule has 0 atom stereocenters. The van der Waals surface area contributed by atoms with Gasteiger partial charge in [0.2, 0.25) is 0 Å². The van der Waals surface area contributed by atoms with Crippen LogP contribution >= 0.6 is 0 Å². The molecule has 103 valence electrons. The number of rotatable bonds is 8. The van der Waals surface area contributed by atoms with E-state index in [-0.39, 0.29) is 37.7 Å². The first-order valence-electron chi connectivity index (χ1n) is 6.92. The minimum absolute atomic E-state index is 0. The van der Waals surface area contributed by atoms with E-state index >= 15 is 0 Å². The van der Waals surface area contributed by atoms with E-state index < -0.39 is 0 Å². The Bertz CT molecular complexity index is 240. The molecule has 19 heavy (non-hydrogen) atoms. The second-order valence-electron chi connectivity index (χ2n) is 4.20. The number of hydrogen-bond acceptors (Lipinski definition) is 0. The molecule has 0 fully saturated rings. The molecule has 0 aliphatic carbocycles. The van der Waals surface area contributed by atoms with Crippen LogP contribution in [0.4, 0.5) is 0 Å². The fourth-order valence-corrected chi connectivity index (χ4v) is 1.89. The van der Waals surface area contributed by atoms with Gasteiger partial charge in [0.05, 0.1) is 0 Å². The Balaban J connectivity index is -0.00000128. The summed E-state index contributed by atoms with van der Waals surface area (Å²) in [6, 6.07) is 0. The molecule has 3 heteroatoms. The third-order valence-corrected chi connectivity index (χ3v) is 3.06. The van der Waals surface area contributed by atoms with Crippen molar-refractivity contribution in [3.63, 3.8) is 0 Å². The van der Waals surface area contributed by atoms with Gasteiger partial charge < -0.3 is 0 Å². The Kier molecular flexibility index (Phi) is 31.2. The molecule has 0 amide bonds. The smallest absolute Gasteiger partial charge is 1.00 e. The molecule has 0 spiro atoms. The SMILES string of the molecule is CCCCCCC#[C][Cu-2][C]#CCCCCCC.[Li+].[Li+]. The Morgan fingerprint density at radius 2 is 1.05 bits per heavy atom. The van der Waals surface area contributed by atoms with Gasteiger partial charge in [-0.25, -0.2) is 0 Å². The maximum Gasteiger partial charge on any atom is 1.00 e. The van der Waals surface area contributed by atoms with Crippen LogP contribution in [-0.4, -0.2) is 0 Å². The molecule has 0 saturated carbocycles. The molecular formula is C16H26CuLi2. The van der Waals surface area contributed by atoms with Crippen LogP contribution in [0, 0.1) is 21.5 Å². The van der Waals surface area contributed by atoms with Crippen molar-refractivity contribution in [3.8, 4) is 21.5 Å². The molecular weight excluding hydrogens is 270 g/mol. The van der Waals surface area contributed by atoms with Crippen LogP contribution in [0.5, 0.6) is 0 Å². The van der Waals surface area contributed by atoms with Gasteiger partial charge in [0, 0.05) is 0 Å². The minimum atomic E-state index is 0. The third-order valence-electron chi connectivity index (χ3n) is 2.49. The maximum absolute atomic E-state index is 3.16. The normalized spacial score (nSPS) is 8.32. The summed E-state index contributed by atoms with van der Waals surface area (Å²) >= 11 is 1.55. The molecule has 0 nitrogen and oxygen atoms in total. The second kappa shape index (κ2) is 23.9. The summed E-state index contributed by atoms with van der Waals surface area (Å²) in [6.07, 6.45) is 12.4. The molecule has 0 heterocycles. The first-order chi connectivity index (χ1) is 8.41. The molecule has 0 radical (unpaired) electrons. The summed E-state index contributed by atoms with van der Waals surface area (Å²) in [5.74, 6) is 6.32. The Labute approximate surface area is 151 Å². The number of unbranched alkanes of at least 4 members (excludes halogenated alkanes) is 8. The van der Waals surface area contributed by atoms with Gasteiger partial charge in [-0.1, -0.05) is 0 Å². The van der Waals surface area contributed by atoms with Gasteiger partial charge in [0.1, 0.15) is 0 Å². The summed E-state index contributed by atoms with van der Waals surface area (Å²) in [6.45, 7) is 4.47. The molecule has 0 bridgehead atoms. The summed E-state index contributed by atoms with van der Waals surface area (Å²) in [7, 11) is 0. The van der Waals surface area contributed by atoms with Crippen LogP contribution in [0.1, 0.15) is 78.1 Å². The first-order valence-corrected chi connectivity index (χ1v) is 7.86. The molecule has 0 aromatic heterocycles. The predicted molar refractivity (Wildman–Crippen MR) is 73.1 cm³/mol. The van der Waals surface area contributed by atoms with Crippen molar-refractivity contribution in [1.82, 2.24) is 0 Å². The summed E-state index contributed by atoms with van der Waals surface area (Å²) < 4.78 is 0. The van der Waals surface area contributed by atoms with E-state index in [2.05, 4.69) is 35.3 Å². The van der Waals surface area contributed by atoms with Gasteiger partial charge in [0.15, 0.2) is 0 Å². The average Bonchev–Trinajstić information content (AvgIpc) is 2.35. The zero-order valence-corrected chi connectivity index (χ0v) is 14.3. The van der Waals surface area contributed by atoms with E-state index in [9.17, 15) is 0 Å². The van der Waals surface area contributed by atoms with Crippen molar-refractivity contribution in [1.29, 1.82) is 0 Å². The van der Waals surface area contributed by atoms with E-state index in [1.165, 1.54) is 51.4 Å². The largest absolute Gasteiger partial charge is 1.00 e. The van der Waals surface area contributed by atoms with Crippen molar-refractivity contribution in [3.05, 3.63) is 0 Å². The monoisotopic (exact) mass is 295 g/mol. The molecule has 0 N–H and O–H groups in total. The summed E-state index contributed by atoms with van der Waals surface area (Å²) in [4.78, 5) is 6.09. The standard InChI is InChI=1S/2C8H13.Cu.2Li/c2*1-3-5-7-8-6-4-2;;;/h2*3,5-8H2,1H3;;;/q;;-2;2*+1. The molecule has 0 aromatic carbocycles. The van der Waals surface area contributed by atoms with Crippen LogP contribution in [0.2, 0.25) is 0 Å². The summed E-state index contributed by atoms with van der Waals surface area (Å²) in [5, 5.41) is 0. The van der Waals surface area contributed by atoms with E-state index in [0.29, 0.717) is 0 Å². The summed E-state index contributed by atoms with van der Waals surface area (Å²) in [5.41, 5.74) is 0. The Morgan fingerprint density at radius 1 is 0.632 bits per heavy atom. The van der Waals surface area contributed by atoms with Gasteiger partial charge in [0.25, 0.3) is 0 Å². The van der Waals surface area contributed by atoms with Gasteiger partial charge in [-0.2, -0.15) is 0 Å². The number of hydrogen-bond donors (Lipinski definition) is 0. The van der Waals surface area contributed by atoms with Gasteiger partial charge in [-0.15, -0.1) is 0 Å². The molecule has 0 aromatic rings. The van der Waals surface area contributed by atoms with Crippen LogP contribution in [0.15, 0.2) is 0 Å². The van der Waals surface area contributed by atoms with Crippen LogP contribution in [0.3, 0.4) is 0 Å². The topological polar surface area (TPSA) is 0 Å². The van der Waals surface area contributed by atoms with Crippen LogP contribution < -0.4 is 37.7 Å². The zero-order valence-electron chi connectivity index (χ0n) is 13.4. The van der Waals surface area contributed by atoms with Gasteiger partial charge in [-0.05, 0) is 0 Å². The fourth-order valence-electron chi connectivity index (χ4n) is 1.43. The molecule has 0 aliphatic heterocycles. The fraction of sp³-hybridized carbons (Fsp3) is 0.750. The zero-order chi connectivity index (χ0) is 12.6. The van der Waals surface area contributed by atoms with E-state index in [4.69, 9.17) is 0 Å². The predicted octanol–water partition coefficient (Wildman–Crippen LogP) is -1.06. The van der Waals surface area contributed by atoms with Crippen LogP contribution in [0.25, 0.3) is 0 Å². The van der Waals surface area contributed by atoms with Crippen molar-refractivity contribution in [2.75, 3.05) is 0 Å². The minimum Gasteiger partial charge on any atom is 1.00 e. The molecule has 0 unspecified atom stereocenters. The second-order valence-corrected chi connectivity index (χ2v) is 4.91. The van der Waals surface area contributed by atoms with Gasteiger partial charge in [-0.3, -0.25) is 0 Å². The van der Waals surface area contributed by atoms with Gasteiger partial charge >= 0.3 is 152 Å². The average molecular weight is 296 g/mol. The van der Waals surface area contributed by atoms with Crippen molar-refractivity contribution in [2.45, 2.75) is 78.1 Å². The molecule has 0 saturated heterocycles. The van der Waals surface area contributed by atoms with Crippen molar-refractivity contribution in [2.24, 2.45) is 0 Å². The third kappa shape index (κ3) is 24.3. The molecule has 0 rings (SSSR count). The van der Waals surface area contributed by atoms with Crippen molar-refractivity contribution < 1.29 is 52.7 Å². The van der Waals surface area contributed by atoms with E-state index in [0.717, 1.165) is 12.8 Å². The van der Waals surface area contributed by atoms with E-state index in [1.54, 1.807) is 15.0 Å². The van der Waals surface area contributed by atoms with Crippen LogP contribution in [-0.2, 0) is 15.0 Å². The first kappa shape index (κ1) is 24.8. The van der Waals surface area contributed by atoms with Crippen molar-refractivity contribution >= 4 is 0 Å². The van der Waals surface area contributed by atoms with E-state index in [1.807, 2.05) is 0 Å². The Morgan fingerprint density at radius 3 is 1.42 bits per heavy atom. The Hall–Kier alpha value is 0.834. The quantitative estimate of drug-likeness (QED) is 0.304. The molecule has 0 aliphatic rings.